The summed E-state index contributed by atoms with van der Waals surface area (Å²) in [6, 6.07) is 3.89. The molecule has 0 aliphatic heterocycles. The van der Waals surface area contributed by atoms with Gasteiger partial charge in [-0.25, -0.2) is 8.78 Å². The normalized spacial score (nSPS) is 13.0. The maximum Gasteiger partial charge on any atom is 0.164 e. The molecule has 0 saturated carbocycles. The van der Waals surface area contributed by atoms with E-state index in [1.54, 1.807) is 0 Å². The highest BCUT2D eigenvalue weighted by Gasteiger charge is 2.16. The van der Waals surface area contributed by atoms with Crippen LogP contribution in [0.15, 0.2) is 18.2 Å². The van der Waals surface area contributed by atoms with Crippen molar-refractivity contribution >= 4 is 0 Å². The lowest BCUT2D eigenvalue weighted by molar-refractivity contribution is 0.144. The molecule has 0 aliphatic carbocycles. The monoisotopic (exact) mass is 257 g/mol. The molecule has 0 saturated heterocycles. The Morgan fingerprint density at radius 1 is 1.28 bits per heavy atom. The third-order valence-electron chi connectivity index (χ3n) is 3.02. The van der Waals surface area contributed by atoms with E-state index in [2.05, 4.69) is 11.8 Å². The number of rotatable bonds is 7. The van der Waals surface area contributed by atoms with Gasteiger partial charge in [0, 0.05) is 12.1 Å². The minimum absolute atomic E-state index is 0.0406. The number of nitrogens with zero attached hydrogens (tertiary/aromatic N) is 1. The molecule has 4 heteroatoms. The molecule has 0 bridgehead atoms. The molecule has 0 heterocycles. The second-order valence-electron chi connectivity index (χ2n) is 4.60. The lowest BCUT2D eigenvalue weighted by Crippen LogP contribution is -2.22. The summed E-state index contributed by atoms with van der Waals surface area (Å²) in [6.07, 6.45) is 1.66. The Morgan fingerprint density at radius 2 is 2.00 bits per heavy atom. The predicted molar refractivity (Wildman–Crippen MR) is 68.3 cm³/mol. The van der Waals surface area contributed by atoms with Crippen LogP contribution in [0.4, 0.5) is 8.78 Å². The van der Waals surface area contributed by atoms with Crippen LogP contribution in [0.25, 0.3) is 0 Å². The van der Waals surface area contributed by atoms with Crippen LogP contribution < -0.4 is 0 Å². The van der Waals surface area contributed by atoms with Crippen molar-refractivity contribution in [2.24, 2.45) is 0 Å². The smallest absolute Gasteiger partial charge is 0.164 e. The van der Waals surface area contributed by atoms with E-state index >= 15 is 0 Å². The van der Waals surface area contributed by atoms with Crippen molar-refractivity contribution in [1.29, 1.82) is 0 Å². The Labute approximate surface area is 107 Å². The van der Waals surface area contributed by atoms with Gasteiger partial charge >= 0.3 is 0 Å². The highest BCUT2D eigenvalue weighted by atomic mass is 19.2. The molecular weight excluding hydrogens is 236 g/mol. The Kier molecular flexibility index (Phi) is 6.22. The molecule has 1 rings (SSSR count). The van der Waals surface area contributed by atoms with Gasteiger partial charge in [0.05, 0.1) is 6.10 Å². The molecule has 0 aromatic heterocycles. The summed E-state index contributed by atoms with van der Waals surface area (Å²) >= 11 is 0. The van der Waals surface area contributed by atoms with Gasteiger partial charge in [-0.05, 0) is 32.5 Å². The lowest BCUT2D eigenvalue weighted by Gasteiger charge is -2.19. The number of halogens is 2. The van der Waals surface area contributed by atoms with Gasteiger partial charge in [-0.15, -0.1) is 0 Å². The molecule has 102 valence electrons. The first-order chi connectivity index (χ1) is 8.56. The number of aliphatic hydroxyl groups is 1. The first kappa shape index (κ1) is 15.1. The fourth-order valence-corrected chi connectivity index (χ4v) is 1.82. The Morgan fingerprint density at radius 3 is 2.67 bits per heavy atom. The number of benzene rings is 1. The molecule has 0 amide bonds. The molecule has 1 aromatic rings. The molecule has 2 nitrogen and oxygen atoms in total. The van der Waals surface area contributed by atoms with Crippen molar-refractivity contribution in [2.45, 2.75) is 32.3 Å². The van der Waals surface area contributed by atoms with E-state index in [1.165, 1.54) is 12.1 Å². The Hall–Kier alpha value is -1.00. The molecule has 1 unspecified atom stereocenters. The van der Waals surface area contributed by atoms with Crippen molar-refractivity contribution in [1.82, 2.24) is 4.90 Å². The summed E-state index contributed by atoms with van der Waals surface area (Å²) < 4.78 is 26.4. The van der Waals surface area contributed by atoms with Crippen LogP contribution in [0.2, 0.25) is 0 Å². The summed E-state index contributed by atoms with van der Waals surface area (Å²) in [7, 11) is 1.96. The zero-order valence-electron chi connectivity index (χ0n) is 11.0. The van der Waals surface area contributed by atoms with Crippen LogP contribution in [-0.2, 0) is 0 Å². The zero-order valence-corrected chi connectivity index (χ0v) is 11.0. The molecule has 1 aromatic carbocycles. The summed E-state index contributed by atoms with van der Waals surface area (Å²) in [4.78, 5) is 2.09. The summed E-state index contributed by atoms with van der Waals surface area (Å²) in [6.45, 7) is 3.73. The maximum absolute atomic E-state index is 13.4. The van der Waals surface area contributed by atoms with E-state index in [-0.39, 0.29) is 5.56 Å². The average molecular weight is 257 g/mol. The zero-order chi connectivity index (χ0) is 13.5. The fourth-order valence-electron chi connectivity index (χ4n) is 1.82. The van der Waals surface area contributed by atoms with E-state index in [0.29, 0.717) is 13.0 Å². The molecule has 0 aliphatic rings. The summed E-state index contributed by atoms with van der Waals surface area (Å²) in [5.74, 6) is -1.85. The number of hydrogen-bond donors (Lipinski definition) is 1. The van der Waals surface area contributed by atoms with Crippen LogP contribution in [0.1, 0.15) is 37.9 Å². The first-order valence-electron chi connectivity index (χ1n) is 6.36. The maximum atomic E-state index is 13.4. The second-order valence-corrected chi connectivity index (χ2v) is 4.60. The van der Waals surface area contributed by atoms with Gasteiger partial charge in [0.15, 0.2) is 11.6 Å². The van der Waals surface area contributed by atoms with E-state index < -0.39 is 17.7 Å². The van der Waals surface area contributed by atoms with Gasteiger partial charge < -0.3 is 10.0 Å². The van der Waals surface area contributed by atoms with Crippen LogP contribution in [0.5, 0.6) is 0 Å². The van der Waals surface area contributed by atoms with Crippen LogP contribution >= 0.6 is 0 Å². The molecule has 1 N–H and O–H groups in total. The topological polar surface area (TPSA) is 23.5 Å². The fraction of sp³-hybridized carbons (Fsp3) is 0.571. The summed E-state index contributed by atoms with van der Waals surface area (Å²) in [5, 5.41) is 9.87. The highest BCUT2D eigenvalue weighted by Crippen LogP contribution is 2.21. The molecule has 0 fully saturated rings. The van der Waals surface area contributed by atoms with E-state index in [1.807, 2.05) is 7.05 Å². The van der Waals surface area contributed by atoms with Gasteiger partial charge in [-0.2, -0.15) is 0 Å². The number of aliphatic hydroxyl groups excluding tert-OH is 1. The van der Waals surface area contributed by atoms with E-state index in [9.17, 15) is 13.9 Å². The van der Waals surface area contributed by atoms with Gasteiger partial charge in [-0.1, -0.05) is 25.5 Å². The van der Waals surface area contributed by atoms with Gasteiger partial charge in [0.1, 0.15) is 0 Å². The molecule has 0 spiro atoms. The summed E-state index contributed by atoms with van der Waals surface area (Å²) in [5.41, 5.74) is 0.0406. The third-order valence-corrected chi connectivity index (χ3v) is 3.02. The van der Waals surface area contributed by atoms with Crippen LogP contribution in [0, 0.1) is 11.6 Å². The number of unbranched alkanes of at least 4 members (excludes halogenated alkanes) is 1. The molecule has 18 heavy (non-hydrogen) atoms. The minimum atomic E-state index is -0.954. The highest BCUT2D eigenvalue weighted by molar-refractivity contribution is 5.21. The van der Waals surface area contributed by atoms with Crippen molar-refractivity contribution in [2.75, 3.05) is 20.1 Å². The average Bonchev–Trinajstić information content (AvgIpc) is 2.36. The third kappa shape index (κ3) is 4.35. The Balaban J connectivity index is 2.50. The van der Waals surface area contributed by atoms with Crippen molar-refractivity contribution < 1.29 is 13.9 Å². The van der Waals surface area contributed by atoms with Gasteiger partial charge in [0.2, 0.25) is 0 Å². The van der Waals surface area contributed by atoms with E-state index in [4.69, 9.17) is 0 Å². The van der Waals surface area contributed by atoms with Crippen molar-refractivity contribution in [3.63, 3.8) is 0 Å². The predicted octanol–water partition coefficient (Wildman–Crippen LogP) is 3.12. The van der Waals surface area contributed by atoms with Gasteiger partial charge in [0.25, 0.3) is 0 Å². The quantitative estimate of drug-likeness (QED) is 0.811. The van der Waals surface area contributed by atoms with Crippen LogP contribution in [-0.4, -0.2) is 30.1 Å². The van der Waals surface area contributed by atoms with Crippen LogP contribution in [0.3, 0.4) is 0 Å². The molecular formula is C14H21F2NO. The second kappa shape index (κ2) is 7.44. The molecule has 1 atom stereocenters. The Bertz CT molecular complexity index is 371. The van der Waals surface area contributed by atoms with Crippen molar-refractivity contribution in [3.05, 3.63) is 35.4 Å². The lowest BCUT2D eigenvalue weighted by atomic mass is 10.1. The van der Waals surface area contributed by atoms with Gasteiger partial charge in [-0.3, -0.25) is 0 Å². The van der Waals surface area contributed by atoms with Crippen molar-refractivity contribution in [3.8, 4) is 0 Å². The largest absolute Gasteiger partial charge is 0.388 e. The first-order valence-corrected chi connectivity index (χ1v) is 6.36. The van der Waals surface area contributed by atoms with E-state index in [0.717, 1.165) is 25.5 Å². The standard InChI is InChI=1S/C14H21F2NO/c1-3-4-9-17(2)10-8-13(18)11-6-5-7-12(15)14(11)16/h5-7,13,18H,3-4,8-10H2,1-2H3. The number of hydrogen-bond acceptors (Lipinski definition) is 2. The molecule has 0 radical (unpaired) electrons. The SMILES string of the molecule is CCCCN(C)CCC(O)c1cccc(F)c1F. The minimum Gasteiger partial charge on any atom is -0.388 e.